The van der Waals surface area contributed by atoms with Crippen LogP contribution in [0.15, 0.2) is 0 Å². The summed E-state index contributed by atoms with van der Waals surface area (Å²) in [6.45, 7) is 4.97. The molecule has 0 aromatic carbocycles. The fraction of sp³-hybridized carbons (Fsp3) is 1.00. The third-order valence-electron chi connectivity index (χ3n) is 3.60. The minimum atomic E-state index is -2.29. The molecule has 3 nitrogen and oxygen atoms in total. The molecule has 0 amide bonds. The van der Waals surface area contributed by atoms with Crippen molar-refractivity contribution in [2.45, 2.75) is 77.7 Å². The van der Waals surface area contributed by atoms with Crippen LogP contribution in [0.25, 0.3) is 0 Å². The molecule has 4 heteroatoms. The van der Waals surface area contributed by atoms with Gasteiger partial charge in [0.15, 0.2) is 0 Å². The Labute approximate surface area is 121 Å². The smallest absolute Gasteiger partial charge is 0.377 e. The summed E-state index contributed by atoms with van der Waals surface area (Å²) in [5, 5.41) is 0. The molecule has 0 aromatic heterocycles. The summed E-state index contributed by atoms with van der Waals surface area (Å²) in [4.78, 5) is 0. The lowest BCUT2D eigenvalue weighted by molar-refractivity contribution is 0.104. The molecule has 0 rings (SSSR count). The van der Waals surface area contributed by atoms with Crippen LogP contribution in [0.5, 0.6) is 0 Å². The predicted molar refractivity (Wildman–Crippen MR) is 83.4 cm³/mol. The minimum Gasteiger partial charge on any atom is -0.377 e. The van der Waals surface area contributed by atoms with Crippen LogP contribution in [0.1, 0.15) is 71.1 Å². The SMILES string of the molecule is CCCCCCCCCCCCO[Si](C)(OC)OC. The molecule has 0 atom stereocenters. The van der Waals surface area contributed by atoms with E-state index in [9.17, 15) is 0 Å². The summed E-state index contributed by atoms with van der Waals surface area (Å²) in [7, 11) is 1.03. The number of unbranched alkanes of at least 4 members (excludes halogenated alkanes) is 9. The van der Waals surface area contributed by atoms with Crippen molar-refractivity contribution in [3.8, 4) is 0 Å². The van der Waals surface area contributed by atoms with Gasteiger partial charge in [0.1, 0.15) is 0 Å². The highest BCUT2D eigenvalue weighted by Gasteiger charge is 2.31. The third kappa shape index (κ3) is 11.6. The van der Waals surface area contributed by atoms with E-state index >= 15 is 0 Å². The van der Waals surface area contributed by atoms with E-state index in [1.807, 2.05) is 6.55 Å². The van der Waals surface area contributed by atoms with Crippen LogP contribution < -0.4 is 0 Å². The molecule has 19 heavy (non-hydrogen) atoms. The van der Waals surface area contributed by atoms with Crippen molar-refractivity contribution in [1.29, 1.82) is 0 Å². The summed E-state index contributed by atoms with van der Waals surface area (Å²) in [6.07, 6.45) is 13.5. The first-order valence-electron chi connectivity index (χ1n) is 7.92. The van der Waals surface area contributed by atoms with Crippen LogP contribution in [-0.2, 0) is 13.3 Å². The van der Waals surface area contributed by atoms with Crippen LogP contribution in [0, 0.1) is 0 Å². The van der Waals surface area contributed by atoms with Crippen molar-refractivity contribution in [2.24, 2.45) is 0 Å². The van der Waals surface area contributed by atoms with Crippen molar-refractivity contribution in [3.05, 3.63) is 0 Å². The molecular weight excluding hydrogens is 256 g/mol. The summed E-state index contributed by atoms with van der Waals surface area (Å²) >= 11 is 0. The largest absolute Gasteiger partial charge is 0.497 e. The van der Waals surface area contributed by atoms with Crippen molar-refractivity contribution < 1.29 is 13.3 Å². The van der Waals surface area contributed by atoms with E-state index in [1.54, 1.807) is 14.2 Å². The van der Waals surface area contributed by atoms with Crippen LogP contribution in [0.4, 0.5) is 0 Å². The Morgan fingerprint density at radius 1 is 0.684 bits per heavy atom. The molecule has 0 fully saturated rings. The molecule has 0 saturated carbocycles. The van der Waals surface area contributed by atoms with Gasteiger partial charge in [-0.15, -0.1) is 0 Å². The highest BCUT2D eigenvalue weighted by Crippen LogP contribution is 2.12. The van der Waals surface area contributed by atoms with Crippen LogP contribution in [0.2, 0.25) is 6.55 Å². The Bertz CT molecular complexity index is 184. The van der Waals surface area contributed by atoms with Gasteiger partial charge >= 0.3 is 8.80 Å². The molecule has 0 aliphatic heterocycles. The van der Waals surface area contributed by atoms with E-state index < -0.39 is 8.80 Å². The highest BCUT2D eigenvalue weighted by molar-refractivity contribution is 6.59. The molecule has 0 bridgehead atoms. The van der Waals surface area contributed by atoms with Crippen LogP contribution >= 0.6 is 0 Å². The summed E-state index contributed by atoms with van der Waals surface area (Å²) in [5.41, 5.74) is 0. The summed E-state index contributed by atoms with van der Waals surface area (Å²) in [6, 6.07) is 0. The van der Waals surface area contributed by atoms with E-state index in [0.717, 1.165) is 13.0 Å². The van der Waals surface area contributed by atoms with E-state index in [2.05, 4.69) is 6.92 Å². The van der Waals surface area contributed by atoms with Gasteiger partial charge in [0.05, 0.1) is 0 Å². The van der Waals surface area contributed by atoms with E-state index in [1.165, 1.54) is 57.8 Å². The molecule has 0 saturated heterocycles. The molecule has 0 radical (unpaired) electrons. The van der Waals surface area contributed by atoms with E-state index in [-0.39, 0.29) is 0 Å². The lowest BCUT2D eigenvalue weighted by Gasteiger charge is -2.21. The molecule has 0 spiro atoms. The third-order valence-corrected chi connectivity index (χ3v) is 5.82. The monoisotopic (exact) mass is 290 g/mol. The van der Waals surface area contributed by atoms with E-state index in [4.69, 9.17) is 13.3 Å². The first kappa shape index (κ1) is 19.1. The molecule has 0 aliphatic carbocycles. The summed E-state index contributed by atoms with van der Waals surface area (Å²) < 4.78 is 16.2. The van der Waals surface area contributed by atoms with Gasteiger partial charge in [-0.3, -0.25) is 0 Å². The van der Waals surface area contributed by atoms with Gasteiger partial charge in [-0.1, -0.05) is 64.7 Å². The highest BCUT2D eigenvalue weighted by atomic mass is 28.4. The maximum Gasteiger partial charge on any atom is 0.497 e. The Kier molecular flexibility index (Phi) is 13.2. The topological polar surface area (TPSA) is 27.7 Å². The fourth-order valence-corrected chi connectivity index (χ4v) is 2.97. The Balaban J connectivity index is 3.19. The standard InChI is InChI=1S/C15H34O3Si/c1-5-6-7-8-9-10-11-12-13-14-15-18-19(4,16-2)17-3/h5-15H2,1-4H3. The quantitative estimate of drug-likeness (QED) is 0.340. The Morgan fingerprint density at radius 3 is 1.53 bits per heavy atom. The summed E-state index contributed by atoms with van der Waals surface area (Å²) in [5.74, 6) is 0. The van der Waals surface area contributed by atoms with Gasteiger partial charge in [-0.2, -0.15) is 0 Å². The van der Waals surface area contributed by atoms with Gasteiger partial charge in [0, 0.05) is 27.4 Å². The zero-order valence-corrected chi connectivity index (χ0v) is 14.5. The molecule has 0 N–H and O–H groups in total. The second-order valence-corrected chi connectivity index (χ2v) is 8.13. The van der Waals surface area contributed by atoms with Crippen molar-refractivity contribution in [2.75, 3.05) is 20.8 Å². The predicted octanol–water partition coefficient (Wildman–Crippen LogP) is 4.79. The zero-order chi connectivity index (χ0) is 14.4. The average molecular weight is 291 g/mol. The van der Waals surface area contributed by atoms with E-state index in [0.29, 0.717) is 0 Å². The lowest BCUT2D eigenvalue weighted by atomic mass is 10.1. The van der Waals surface area contributed by atoms with Crippen molar-refractivity contribution >= 4 is 8.80 Å². The van der Waals surface area contributed by atoms with Crippen molar-refractivity contribution in [1.82, 2.24) is 0 Å². The van der Waals surface area contributed by atoms with Gasteiger partial charge < -0.3 is 13.3 Å². The van der Waals surface area contributed by atoms with Gasteiger partial charge in [-0.05, 0) is 6.42 Å². The molecule has 0 aliphatic rings. The first-order valence-corrected chi connectivity index (χ1v) is 10.1. The van der Waals surface area contributed by atoms with Gasteiger partial charge in [0.2, 0.25) is 0 Å². The minimum absolute atomic E-state index is 0.765. The second kappa shape index (κ2) is 13.1. The number of rotatable bonds is 14. The fourth-order valence-electron chi connectivity index (χ4n) is 2.05. The molecular formula is C15H34O3Si. The molecule has 0 heterocycles. The molecule has 0 aromatic rings. The van der Waals surface area contributed by atoms with Gasteiger partial charge in [-0.25, -0.2) is 0 Å². The molecule has 116 valence electrons. The number of hydrogen-bond acceptors (Lipinski definition) is 3. The Morgan fingerprint density at radius 2 is 1.11 bits per heavy atom. The normalized spacial score (nSPS) is 12.0. The van der Waals surface area contributed by atoms with Gasteiger partial charge in [0.25, 0.3) is 0 Å². The molecule has 0 unspecified atom stereocenters. The average Bonchev–Trinajstić information content (AvgIpc) is 2.44. The maximum absolute atomic E-state index is 5.69. The second-order valence-electron chi connectivity index (χ2n) is 5.30. The lowest BCUT2D eigenvalue weighted by Crippen LogP contribution is -2.40. The number of hydrogen-bond donors (Lipinski definition) is 0. The Hall–Kier alpha value is 0.0969. The van der Waals surface area contributed by atoms with Crippen LogP contribution in [0.3, 0.4) is 0 Å². The first-order chi connectivity index (χ1) is 9.18. The zero-order valence-electron chi connectivity index (χ0n) is 13.5. The van der Waals surface area contributed by atoms with Crippen molar-refractivity contribution in [3.63, 3.8) is 0 Å². The van der Waals surface area contributed by atoms with Crippen LogP contribution in [-0.4, -0.2) is 29.6 Å². The maximum atomic E-state index is 5.69.